The lowest BCUT2D eigenvalue weighted by Crippen LogP contribution is -2.46. The first-order chi connectivity index (χ1) is 14.7. The van der Waals surface area contributed by atoms with Gasteiger partial charge in [0.1, 0.15) is 6.10 Å². The molecule has 0 spiro atoms. The van der Waals surface area contributed by atoms with Crippen molar-refractivity contribution in [3.8, 4) is 0 Å². The predicted octanol–water partition coefficient (Wildman–Crippen LogP) is 2.70. The zero-order chi connectivity index (χ0) is 21.7. The molecule has 0 radical (unpaired) electrons. The molecule has 8 heteroatoms. The summed E-state index contributed by atoms with van der Waals surface area (Å²) in [5.41, 5.74) is 3.86. The summed E-state index contributed by atoms with van der Waals surface area (Å²) in [7, 11) is -2.45. The number of benzene rings is 2. The Kier molecular flexibility index (Phi) is 3.86. The van der Waals surface area contributed by atoms with Crippen LogP contribution in [0.4, 0.5) is 5.69 Å². The Morgan fingerprint density at radius 1 is 1.00 bits per heavy atom. The number of nitrogens with zero attached hydrogens (tertiary/aromatic N) is 2. The van der Waals surface area contributed by atoms with Crippen molar-refractivity contribution in [1.29, 1.82) is 0 Å². The van der Waals surface area contributed by atoms with Crippen molar-refractivity contribution in [1.82, 2.24) is 0 Å². The summed E-state index contributed by atoms with van der Waals surface area (Å²) in [5.74, 6) is -0.514. The van der Waals surface area contributed by atoms with Gasteiger partial charge in [-0.3, -0.25) is 5.01 Å². The number of carbonyl (C=O) groups excluding carboxylic acids is 1. The van der Waals surface area contributed by atoms with Crippen molar-refractivity contribution >= 4 is 44.4 Å². The summed E-state index contributed by atoms with van der Waals surface area (Å²) in [5, 5.41) is 9.53. The first-order valence-electron chi connectivity index (χ1n) is 10.8. The van der Waals surface area contributed by atoms with Crippen LogP contribution in [0.3, 0.4) is 0 Å². The van der Waals surface area contributed by atoms with E-state index in [-0.39, 0.29) is 30.1 Å². The van der Waals surface area contributed by atoms with Gasteiger partial charge in [-0.05, 0) is 59.8 Å². The molecule has 6 rings (SSSR count). The van der Waals surface area contributed by atoms with E-state index in [4.69, 9.17) is 18.7 Å². The topological polar surface area (TPSA) is 60.4 Å². The summed E-state index contributed by atoms with van der Waals surface area (Å²) >= 11 is 0. The van der Waals surface area contributed by atoms with Gasteiger partial charge in [0.25, 0.3) is 0 Å². The molecule has 0 aliphatic carbocycles. The Morgan fingerprint density at radius 3 is 2.23 bits per heavy atom. The smallest absolute Gasteiger partial charge is 0.354 e. The normalized spacial score (nSPS) is 30.6. The van der Waals surface area contributed by atoms with Crippen LogP contribution in [0, 0.1) is 5.92 Å². The summed E-state index contributed by atoms with van der Waals surface area (Å²) in [6.45, 7) is 9.15. The second-order valence-corrected chi connectivity index (χ2v) is 17.7. The van der Waals surface area contributed by atoms with E-state index < -0.39 is 16.6 Å². The minimum absolute atomic E-state index is 0.0515. The molecule has 31 heavy (non-hydrogen) atoms. The average molecular weight is 451 g/mol. The van der Waals surface area contributed by atoms with E-state index in [1.165, 1.54) is 28.6 Å². The van der Waals surface area contributed by atoms with Crippen LogP contribution < -0.4 is 15.4 Å². The van der Waals surface area contributed by atoms with E-state index in [1.807, 2.05) is 35.3 Å². The Hall–Kier alpha value is -2.27. The number of fused-ring (bicyclic) bond motifs is 9. The fourth-order valence-corrected chi connectivity index (χ4v) is 16.2. The van der Waals surface area contributed by atoms with E-state index in [2.05, 4.69) is 38.3 Å². The maximum absolute atomic E-state index is 12.7. The van der Waals surface area contributed by atoms with Crippen molar-refractivity contribution in [2.75, 3.05) is 12.1 Å². The van der Waals surface area contributed by atoms with Crippen LogP contribution in [-0.2, 0) is 18.4 Å². The van der Waals surface area contributed by atoms with Gasteiger partial charge in [-0.25, -0.2) is 4.79 Å². The van der Waals surface area contributed by atoms with Gasteiger partial charge >= 0.3 is 5.97 Å². The molecule has 6 nitrogen and oxygen atoms in total. The van der Waals surface area contributed by atoms with Crippen molar-refractivity contribution in [2.24, 2.45) is 11.0 Å². The quantitative estimate of drug-likeness (QED) is 0.520. The number of para-hydroxylation sites is 1. The molecule has 0 amide bonds. The predicted molar refractivity (Wildman–Crippen MR) is 124 cm³/mol. The number of hydrogen-bond donors (Lipinski definition) is 0. The average Bonchev–Trinajstić information content (AvgIpc) is 3.44. The van der Waals surface area contributed by atoms with Crippen LogP contribution in [0.1, 0.15) is 23.3 Å². The number of hydrogen-bond acceptors (Lipinski definition) is 6. The second-order valence-electron chi connectivity index (χ2n) is 9.80. The van der Waals surface area contributed by atoms with Gasteiger partial charge in [0.15, 0.2) is 5.71 Å². The lowest BCUT2D eigenvalue weighted by atomic mass is 9.78. The standard InChI is InChI=1S/C23H26N2O4Si2/c1-27-23(26)19-18-20(25(24-19)13-9-7-6-8-10-13)22-15-12-17-16(11-14(15)21(18)28-22)30(2,3)29-31(17,4)5/h6-12,18,20-22H,1-5H3. The third kappa shape index (κ3) is 2.50. The van der Waals surface area contributed by atoms with E-state index in [0.29, 0.717) is 5.71 Å². The highest BCUT2D eigenvalue weighted by molar-refractivity contribution is 7.05. The third-order valence-electron chi connectivity index (χ3n) is 7.17. The summed E-state index contributed by atoms with van der Waals surface area (Å²) in [6.07, 6.45) is -0.311. The maximum Gasteiger partial charge on any atom is 0.354 e. The molecule has 160 valence electrons. The minimum atomic E-state index is -1.94. The van der Waals surface area contributed by atoms with Gasteiger partial charge in [0, 0.05) is 0 Å². The number of methoxy groups -OCH3 is 1. The van der Waals surface area contributed by atoms with E-state index in [1.54, 1.807) is 0 Å². The number of esters is 1. The Balaban J connectivity index is 1.51. The van der Waals surface area contributed by atoms with Gasteiger partial charge in [-0.1, -0.05) is 30.3 Å². The summed E-state index contributed by atoms with van der Waals surface area (Å²) in [6, 6.07) is 14.6. The first kappa shape index (κ1) is 19.4. The van der Waals surface area contributed by atoms with Crippen LogP contribution in [0.25, 0.3) is 0 Å². The number of ether oxygens (including phenoxy) is 2. The lowest BCUT2D eigenvalue weighted by Gasteiger charge is -2.31. The molecule has 4 aliphatic rings. The Labute approximate surface area is 184 Å². The van der Waals surface area contributed by atoms with Gasteiger partial charge < -0.3 is 13.6 Å². The molecular weight excluding hydrogens is 424 g/mol. The first-order valence-corrected chi connectivity index (χ1v) is 16.6. The highest BCUT2D eigenvalue weighted by Gasteiger charge is 2.62. The largest absolute Gasteiger partial charge is 0.464 e. The van der Waals surface area contributed by atoms with E-state index in [0.717, 1.165) is 5.69 Å². The Bertz CT molecular complexity index is 1150. The molecule has 1 fully saturated rings. The minimum Gasteiger partial charge on any atom is -0.464 e. The van der Waals surface area contributed by atoms with Crippen LogP contribution in [-0.4, -0.2) is 41.5 Å². The highest BCUT2D eigenvalue weighted by Crippen LogP contribution is 2.58. The Morgan fingerprint density at radius 2 is 1.61 bits per heavy atom. The number of hydrazone groups is 1. The number of carbonyl (C=O) groups is 1. The van der Waals surface area contributed by atoms with E-state index >= 15 is 0 Å². The molecule has 0 N–H and O–H groups in total. The molecule has 4 heterocycles. The fourth-order valence-electron chi connectivity index (χ4n) is 6.01. The molecular formula is C23H26N2O4Si2. The number of anilines is 1. The van der Waals surface area contributed by atoms with Crippen LogP contribution in [0.5, 0.6) is 0 Å². The van der Waals surface area contributed by atoms with Gasteiger partial charge in [0.05, 0.1) is 30.9 Å². The van der Waals surface area contributed by atoms with E-state index in [9.17, 15) is 4.79 Å². The molecule has 4 atom stereocenters. The van der Waals surface area contributed by atoms with Crippen molar-refractivity contribution in [2.45, 2.75) is 44.4 Å². The maximum atomic E-state index is 12.7. The van der Waals surface area contributed by atoms with Crippen LogP contribution >= 0.6 is 0 Å². The van der Waals surface area contributed by atoms with Crippen LogP contribution in [0.2, 0.25) is 26.2 Å². The van der Waals surface area contributed by atoms with Crippen molar-refractivity contribution in [3.05, 3.63) is 53.6 Å². The molecule has 2 aromatic carbocycles. The van der Waals surface area contributed by atoms with Crippen LogP contribution in [0.15, 0.2) is 47.6 Å². The van der Waals surface area contributed by atoms with Crippen molar-refractivity contribution in [3.63, 3.8) is 0 Å². The molecule has 0 saturated carbocycles. The fraction of sp³-hybridized carbons (Fsp3) is 0.391. The summed E-state index contributed by atoms with van der Waals surface area (Å²) < 4.78 is 18.3. The van der Waals surface area contributed by atoms with Gasteiger partial charge in [-0.15, -0.1) is 0 Å². The van der Waals surface area contributed by atoms with Gasteiger partial charge in [0.2, 0.25) is 16.6 Å². The monoisotopic (exact) mass is 450 g/mol. The highest BCUT2D eigenvalue weighted by atomic mass is 28.4. The molecule has 4 aliphatic heterocycles. The lowest BCUT2D eigenvalue weighted by molar-refractivity contribution is -0.133. The second kappa shape index (κ2) is 6.16. The molecule has 2 aromatic rings. The van der Waals surface area contributed by atoms with Crippen molar-refractivity contribution < 1.29 is 18.4 Å². The molecule has 2 bridgehead atoms. The third-order valence-corrected chi connectivity index (χ3v) is 14.9. The zero-order valence-corrected chi connectivity index (χ0v) is 20.4. The summed E-state index contributed by atoms with van der Waals surface area (Å²) in [4.78, 5) is 12.7. The molecule has 0 aromatic heterocycles. The number of rotatable bonds is 2. The SMILES string of the molecule is COC(=O)C1=NN(c2ccccc2)C2C3OC(c4cc5c(cc43)[Si](C)(C)O[Si]5(C)C)C12. The molecule has 4 unspecified atom stereocenters. The zero-order valence-electron chi connectivity index (χ0n) is 18.4. The molecule has 1 saturated heterocycles. The van der Waals surface area contributed by atoms with Gasteiger partial charge in [-0.2, -0.15) is 5.10 Å².